The number of ether oxygens (including phenoxy) is 2. The third-order valence-electron chi connectivity index (χ3n) is 5.22. The van der Waals surface area contributed by atoms with Gasteiger partial charge in [0.2, 0.25) is 5.91 Å². The Labute approximate surface area is 200 Å². The Balaban J connectivity index is 2.05. The summed E-state index contributed by atoms with van der Waals surface area (Å²) in [6.07, 6.45) is 0. The van der Waals surface area contributed by atoms with Crippen LogP contribution in [0, 0.1) is 5.92 Å². The van der Waals surface area contributed by atoms with Gasteiger partial charge in [-0.05, 0) is 58.3 Å². The molecule has 34 heavy (non-hydrogen) atoms. The largest absolute Gasteiger partial charge is 0.497 e. The van der Waals surface area contributed by atoms with Crippen molar-refractivity contribution in [1.82, 2.24) is 19.8 Å². The molecule has 1 aromatic heterocycles. The Morgan fingerprint density at radius 2 is 1.88 bits per heavy atom. The monoisotopic (exact) mass is 466 g/mol. The topological polar surface area (TPSA) is 85.7 Å². The highest BCUT2D eigenvalue weighted by molar-refractivity contribution is 5.83. The van der Waals surface area contributed by atoms with Gasteiger partial charge in [-0.25, -0.2) is 4.98 Å². The summed E-state index contributed by atoms with van der Waals surface area (Å²) in [6.45, 7) is 7.16. The van der Waals surface area contributed by atoms with Crippen molar-refractivity contribution in [3.8, 4) is 22.9 Å². The van der Waals surface area contributed by atoms with Crippen LogP contribution >= 0.6 is 0 Å². The molecule has 182 valence electrons. The lowest BCUT2D eigenvalue weighted by Gasteiger charge is -2.18. The van der Waals surface area contributed by atoms with Crippen LogP contribution in [-0.4, -0.2) is 60.8 Å². The number of nitrogens with zero attached hydrogens (tertiary/aromatic N) is 3. The van der Waals surface area contributed by atoms with Crippen molar-refractivity contribution in [2.75, 3.05) is 34.4 Å². The predicted octanol–water partition coefficient (Wildman–Crippen LogP) is 3.17. The summed E-state index contributed by atoms with van der Waals surface area (Å²) in [4.78, 5) is 33.0. The zero-order chi connectivity index (χ0) is 24.8. The first-order valence-corrected chi connectivity index (χ1v) is 11.4. The second-order valence-corrected chi connectivity index (χ2v) is 9.14. The molecule has 0 saturated heterocycles. The van der Waals surface area contributed by atoms with Gasteiger partial charge < -0.3 is 19.7 Å². The number of hydrogen-bond acceptors (Lipinski definition) is 6. The molecule has 8 heteroatoms. The fourth-order valence-corrected chi connectivity index (χ4v) is 3.84. The van der Waals surface area contributed by atoms with Gasteiger partial charge in [0.1, 0.15) is 23.9 Å². The summed E-state index contributed by atoms with van der Waals surface area (Å²) in [6, 6.07) is 12.6. The van der Waals surface area contributed by atoms with E-state index in [1.165, 1.54) is 4.57 Å². The van der Waals surface area contributed by atoms with Crippen molar-refractivity contribution in [3.05, 3.63) is 52.8 Å². The number of nitrogens with one attached hydrogen (secondary N) is 1. The van der Waals surface area contributed by atoms with Gasteiger partial charge in [0.15, 0.2) is 0 Å². The normalized spacial score (nSPS) is 12.2. The minimum absolute atomic E-state index is 0.0407. The highest BCUT2D eigenvalue weighted by atomic mass is 16.5. The number of carbonyl (C=O) groups excluding carboxylic acids is 1. The van der Waals surface area contributed by atoms with E-state index < -0.39 is 0 Å². The van der Waals surface area contributed by atoms with E-state index in [9.17, 15) is 9.59 Å². The van der Waals surface area contributed by atoms with E-state index in [-0.39, 0.29) is 24.1 Å². The first-order chi connectivity index (χ1) is 16.2. The van der Waals surface area contributed by atoms with Crippen LogP contribution in [0.3, 0.4) is 0 Å². The predicted molar refractivity (Wildman–Crippen MR) is 134 cm³/mol. The minimum atomic E-state index is -0.298. The highest BCUT2D eigenvalue weighted by Gasteiger charge is 2.17. The van der Waals surface area contributed by atoms with Crippen LogP contribution in [0.5, 0.6) is 11.5 Å². The molecule has 0 saturated carbocycles. The number of methoxy groups -OCH3 is 1. The molecule has 0 aliphatic carbocycles. The van der Waals surface area contributed by atoms with E-state index in [2.05, 4.69) is 17.1 Å². The summed E-state index contributed by atoms with van der Waals surface area (Å²) in [5, 5.41) is 3.25. The summed E-state index contributed by atoms with van der Waals surface area (Å²) in [5.74, 6) is 1.72. The number of rotatable bonds is 10. The van der Waals surface area contributed by atoms with Crippen LogP contribution in [0.4, 0.5) is 0 Å². The average Bonchev–Trinajstić information content (AvgIpc) is 2.78. The SMILES string of the molecule is COc1cccc(-c2nc3ccc(OCC(C)CN(C)C)cc3c(=O)n2CC(=O)NC(C)C)c1. The Kier molecular flexibility index (Phi) is 8.28. The summed E-state index contributed by atoms with van der Waals surface area (Å²) >= 11 is 0. The molecule has 0 bridgehead atoms. The van der Waals surface area contributed by atoms with Gasteiger partial charge in [-0.2, -0.15) is 0 Å². The zero-order valence-corrected chi connectivity index (χ0v) is 20.8. The average molecular weight is 467 g/mol. The van der Waals surface area contributed by atoms with E-state index in [1.54, 1.807) is 25.3 Å². The third-order valence-corrected chi connectivity index (χ3v) is 5.22. The molecule has 0 spiro atoms. The van der Waals surface area contributed by atoms with Crippen LogP contribution in [0.2, 0.25) is 0 Å². The molecule has 8 nitrogen and oxygen atoms in total. The fraction of sp³-hybridized carbons (Fsp3) is 0.423. The Hall–Kier alpha value is -3.39. The molecule has 0 aliphatic heterocycles. The third kappa shape index (κ3) is 6.35. The van der Waals surface area contributed by atoms with Crippen LogP contribution in [-0.2, 0) is 11.3 Å². The molecular formula is C26H34N4O4. The molecule has 2 aromatic carbocycles. The lowest BCUT2D eigenvalue weighted by molar-refractivity contribution is -0.122. The first kappa shape index (κ1) is 25.2. The van der Waals surface area contributed by atoms with Gasteiger partial charge in [-0.3, -0.25) is 14.2 Å². The number of amides is 1. The van der Waals surface area contributed by atoms with E-state index in [0.29, 0.717) is 46.3 Å². The molecular weight excluding hydrogens is 432 g/mol. The second kappa shape index (κ2) is 11.2. The van der Waals surface area contributed by atoms with Gasteiger partial charge in [0.25, 0.3) is 5.56 Å². The molecule has 3 rings (SSSR count). The molecule has 0 radical (unpaired) electrons. The molecule has 1 amide bonds. The maximum Gasteiger partial charge on any atom is 0.262 e. The van der Waals surface area contributed by atoms with Crippen LogP contribution in [0.15, 0.2) is 47.3 Å². The van der Waals surface area contributed by atoms with E-state index >= 15 is 0 Å². The zero-order valence-electron chi connectivity index (χ0n) is 20.8. The lowest BCUT2D eigenvalue weighted by Crippen LogP contribution is -2.37. The van der Waals surface area contributed by atoms with Gasteiger partial charge in [-0.15, -0.1) is 0 Å². The van der Waals surface area contributed by atoms with Crippen LogP contribution in [0.1, 0.15) is 20.8 Å². The van der Waals surface area contributed by atoms with E-state index in [1.807, 2.05) is 52.2 Å². The van der Waals surface area contributed by atoms with Gasteiger partial charge in [0, 0.05) is 24.1 Å². The molecule has 1 heterocycles. The molecule has 1 atom stereocenters. The Bertz CT molecular complexity index is 1200. The molecule has 0 aliphatic rings. The van der Waals surface area contributed by atoms with Crippen molar-refractivity contribution in [3.63, 3.8) is 0 Å². The molecule has 0 fully saturated rings. The fourth-order valence-electron chi connectivity index (χ4n) is 3.84. The van der Waals surface area contributed by atoms with E-state index in [0.717, 1.165) is 6.54 Å². The lowest BCUT2D eigenvalue weighted by atomic mass is 10.1. The quantitative estimate of drug-likeness (QED) is 0.494. The van der Waals surface area contributed by atoms with Crippen molar-refractivity contribution in [1.29, 1.82) is 0 Å². The summed E-state index contributed by atoms with van der Waals surface area (Å²) < 4.78 is 12.7. The number of aromatic nitrogens is 2. The van der Waals surface area contributed by atoms with E-state index in [4.69, 9.17) is 14.5 Å². The van der Waals surface area contributed by atoms with Crippen LogP contribution in [0.25, 0.3) is 22.3 Å². The Morgan fingerprint density at radius 3 is 2.56 bits per heavy atom. The van der Waals surface area contributed by atoms with Gasteiger partial charge in [-0.1, -0.05) is 19.1 Å². The standard InChI is InChI=1S/C26H34N4O4/c1-17(2)27-24(31)15-30-25(19-8-7-9-20(12-19)33-6)28-23-11-10-21(13-22(23)26(30)32)34-16-18(3)14-29(4)5/h7-13,17-18H,14-16H2,1-6H3,(H,27,31). The maximum absolute atomic E-state index is 13.6. The number of fused-ring (bicyclic) bond motifs is 1. The van der Waals surface area contributed by atoms with Gasteiger partial charge in [0.05, 0.1) is 24.6 Å². The summed E-state index contributed by atoms with van der Waals surface area (Å²) in [7, 11) is 5.63. The second-order valence-electron chi connectivity index (χ2n) is 9.14. The van der Waals surface area contributed by atoms with Crippen molar-refractivity contribution >= 4 is 16.8 Å². The first-order valence-electron chi connectivity index (χ1n) is 11.4. The van der Waals surface area contributed by atoms with Crippen molar-refractivity contribution in [2.24, 2.45) is 5.92 Å². The van der Waals surface area contributed by atoms with Crippen molar-refractivity contribution in [2.45, 2.75) is 33.4 Å². The Morgan fingerprint density at radius 1 is 1.12 bits per heavy atom. The number of benzene rings is 2. The maximum atomic E-state index is 13.6. The molecule has 1 unspecified atom stereocenters. The minimum Gasteiger partial charge on any atom is -0.497 e. The van der Waals surface area contributed by atoms with Gasteiger partial charge >= 0.3 is 0 Å². The molecule has 1 N–H and O–H groups in total. The number of hydrogen-bond donors (Lipinski definition) is 1. The molecule has 3 aromatic rings. The van der Waals surface area contributed by atoms with Crippen LogP contribution < -0.4 is 20.3 Å². The van der Waals surface area contributed by atoms with Crippen molar-refractivity contribution < 1.29 is 14.3 Å². The number of carbonyl (C=O) groups is 1. The highest BCUT2D eigenvalue weighted by Crippen LogP contribution is 2.25. The smallest absolute Gasteiger partial charge is 0.262 e. The summed E-state index contributed by atoms with van der Waals surface area (Å²) in [5.41, 5.74) is 0.930.